The van der Waals surface area contributed by atoms with Gasteiger partial charge in [-0.1, -0.05) is 0 Å². The van der Waals surface area contributed by atoms with Crippen molar-refractivity contribution in [1.82, 2.24) is 15.4 Å². The number of hydrogen-bond acceptors (Lipinski definition) is 4. The van der Waals surface area contributed by atoms with Crippen molar-refractivity contribution in [3.05, 3.63) is 33.7 Å². The third kappa shape index (κ3) is 1.08. The summed E-state index contributed by atoms with van der Waals surface area (Å²) < 4.78 is 5.21. The van der Waals surface area contributed by atoms with E-state index >= 15 is 0 Å². The molecule has 0 spiro atoms. The Hall–Kier alpha value is -2.17. The molecule has 0 radical (unpaired) electrons. The number of aromatic nitrogens is 3. The molecule has 0 fully saturated rings. The largest absolute Gasteiger partial charge is 0.422 e. The van der Waals surface area contributed by atoms with Gasteiger partial charge in [-0.2, -0.15) is 15.4 Å². The summed E-state index contributed by atoms with van der Waals surface area (Å²) in [4.78, 5) is 11.5. The number of aromatic amines is 1. The maximum absolute atomic E-state index is 11.5. The number of fused-ring (bicyclic) bond motifs is 2. The first-order chi connectivity index (χ1) is 7.66. The molecule has 0 atom stereocenters. The highest BCUT2D eigenvalue weighted by atomic mass is 16.4. The smallest absolute Gasteiger partial charge is 0.339 e. The fraction of sp³-hybridized carbons (Fsp3) is 0.182. The topological polar surface area (TPSA) is 71.8 Å². The molecule has 3 aromatic rings. The Labute approximate surface area is 90.1 Å². The van der Waals surface area contributed by atoms with E-state index in [1.54, 1.807) is 13.0 Å². The number of rotatable bonds is 0. The molecule has 0 unspecified atom stereocenters. The zero-order chi connectivity index (χ0) is 11.3. The molecule has 5 nitrogen and oxygen atoms in total. The Balaban J connectivity index is 2.59. The molecular formula is C11H9N3O2. The van der Waals surface area contributed by atoms with Gasteiger partial charge in [-0.15, -0.1) is 0 Å². The van der Waals surface area contributed by atoms with Crippen LogP contribution in [0.1, 0.15) is 11.1 Å². The van der Waals surface area contributed by atoms with Gasteiger partial charge in [0.25, 0.3) is 0 Å². The van der Waals surface area contributed by atoms with Crippen LogP contribution >= 0.6 is 0 Å². The minimum Gasteiger partial charge on any atom is -0.422 e. The van der Waals surface area contributed by atoms with Crippen LogP contribution in [0.5, 0.6) is 0 Å². The van der Waals surface area contributed by atoms with Crippen LogP contribution in [0.4, 0.5) is 0 Å². The van der Waals surface area contributed by atoms with Gasteiger partial charge in [0.05, 0.1) is 0 Å². The summed E-state index contributed by atoms with van der Waals surface area (Å²) >= 11 is 0. The Morgan fingerprint density at radius 1 is 1.12 bits per heavy atom. The van der Waals surface area contributed by atoms with E-state index in [1.165, 1.54) is 0 Å². The van der Waals surface area contributed by atoms with Crippen LogP contribution in [0.2, 0.25) is 0 Å². The van der Waals surface area contributed by atoms with Crippen molar-refractivity contribution in [2.75, 3.05) is 0 Å². The summed E-state index contributed by atoms with van der Waals surface area (Å²) in [5.74, 6) is 0. The van der Waals surface area contributed by atoms with Crippen molar-refractivity contribution >= 4 is 22.0 Å². The van der Waals surface area contributed by atoms with Crippen molar-refractivity contribution in [3.8, 4) is 0 Å². The highest BCUT2D eigenvalue weighted by molar-refractivity contribution is 5.93. The number of aryl methyl sites for hydroxylation is 1. The van der Waals surface area contributed by atoms with E-state index < -0.39 is 0 Å². The number of nitrogens with one attached hydrogen (secondary N) is 1. The first-order valence-corrected chi connectivity index (χ1v) is 4.91. The summed E-state index contributed by atoms with van der Waals surface area (Å²) in [6.07, 6.45) is 0. The molecule has 1 aromatic carbocycles. The van der Waals surface area contributed by atoms with Gasteiger partial charge in [0.1, 0.15) is 16.6 Å². The summed E-state index contributed by atoms with van der Waals surface area (Å²) in [6, 6.07) is 3.60. The van der Waals surface area contributed by atoms with Crippen molar-refractivity contribution < 1.29 is 4.42 Å². The first kappa shape index (κ1) is 9.08. The van der Waals surface area contributed by atoms with Gasteiger partial charge in [-0.3, -0.25) is 0 Å². The van der Waals surface area contributed by atoms with E-state index in [1.807, 2.05) is 13.0 Å². The second-order valence-corrected chi connectivity index (χ2v) is 3.80. The average molecular weight is 215 g/mol. The van der Waals surface area contributed by atoms with Crippen molar-refractivity contribution in [1.29, 1.82) is 0 Å². The maximum Gasteiger partial charge on any atom is 0.339 e. The van der Waals surface area contributed by atoms with Crippen molar-refractivity contribution in [2.24, 2.45) is 0 Å². The van der Waals surface area contributed by atoms with Crippen LogP contribution in [0.3, 0.4) is 0 Å². The minimum atomic E-state index is -0.298. The predicted molar refractivity (Wildman–Crippen MR) is 59.4 cm³/mol. The molecule has 0 bridgehead atoms. The third-order valence-electron chi connectivity index (χ3n) is 2.89. The SMILES string of the molecule is Cc1c(C)c2cc3n[nH]nc3cc2oc1=O. The molecule has 0 aliphatic carbocycles. The van der Waals surface area contributed by atoms with Crippen LogP contribution < -0.4 is 5.63 Å². The monoisotopic (exact) mass is 215 g/mol. The van der Waals surface area contributed by atoms with Crippen molar-refractivity contribution in [2.45, 2.75) is 13.8 Å². The van der Waals surface area contributed by atoms with Gasteiger partial charge in [0.2, 0.25) is 0 Å². The molecule has 3 rings (SSSR count). The highest BCUT2D eigenvalue weighted by Crippen LogP contribution is 2.22. The molecule has 0 aliphatic rings. The lowest BCUT2D eigenvalue weighted by atomic mass is 10.1. The van der Waals surface area contributed by atoms with Crippen LogP contribution in [0.25, 0.3) is 22.0 Å². The molecule has 16 heavy (non-hydrogen) atoms. The van der Waals surface area contributed by atoms with E-state index in [0.29, 0.717) is 16.7 Å². The summed E-state index contributed by atoms with van der Waals surface area (Å²) in [6.45, 7) is 3.66. The van der Waals surface area contributed by atoms with E-state index in [9.17, 15) is 4.79 Å². The lowest BCUT2D eigenvalue weighted by Gasteiger charge is -2.02. The van der Waals surface area contributed by atoms with Gasteiger partial charge in [-0.05, 0) is 25.5 Å². The predicted octanol–water partition coefficient (Wildman–Crippen LogP) is 1.68. The molecule has 80 valence electrons. The zero-order valence-electron chi connectivity index (χ0n) is 8.87. The molecule has 5 heteroatoms. The zero-order valence-corrected chi connectivity index (χ0v) is 8.87. The number of benzene rings is 1. The number of nitrogens with zero attached hydrogens (tertiary/aromatic N) is 2. The Kier molecular flexibility index (Phi) is 1.65. The third-order valence-corrected chi connectivity index (χ3v) is 2.89. The lowest BCUT2D eigenvalue weighted by Crippen LogP contribution is -2.05. The summed E-state index contributed by atoms with van der Waals surface area (Å²) in [7, 11) is 0. The molecular weight excluding hydrogens is 206 g/mol. The normalized spacial score (nSPS) is 11.4. The van der Waals surface area contributed by atoms with Crippen LogP contribution in [0.15, 0.2) is 21.3 Å². The lowest BCUT2D eigenvalue weighted by molar-refractivity contribution is 0.554. The van der Waals surface area contributed by atoms with Crippen LogP contribution in [0, 0.1) is 13.8 Å². The van der Waals surface area contributed by atoms with Crippen molar-refractivity contribution in [3.63, 3.8) is 0 Å². The number of H-pyrrole nitrogens is 1. The molecule has 2 aromatic heterocycles. The fourth-order valence-corrected chi connectivity index (χ4v) is 1.78. The van der Waals surface area contributed by atoms with Gasteiger partial charge in [0.15, 0.2) is 0 Å². The first-order valence-electron chi connectivity index (χ1n) is 4.91. The molecule has 0 amide bonds. The minimum absolute atomic E-state index is 0.298. The fourth-order valence-electron chi connectivity index (χ4n) is 1.78. The second-order valence-electron chi connectivity index (χ2n) is 3.80. The second kappa shape index (κ2) is 2.91. The maximum atomic E-state index is 11.5. The standard InChI is InChI=1S/C11H9N3O2/c1-5-6(2)11(15)16-10-4-9-8(3-7(5)10)12-14-13-9/h3-4H,1-2H3,(H,12,13,14). The summed E-state index contributed by atoms with van der Waals surface area (Å²) in [5.41, 5.74) is 3.27. The highest BCUT2D eigenvalue weighted by Gasteiger charge is 2.09. The molecule has 0 saturated heterocycles. The molecule has 2 heterocycles. The van der Waals surface area contributed by atoms with Crippen LogP contribution in [-0.4, -0.2) is 15.4 Å². The number of hydrogen-bond donors (Lipinski definition) is 1. The Morgan fingerprint density at radius 2 is 1.81 bits per heavy atom. The van der Waals surface area contributed by atoms with Gasteiger partial charge < -0.3 is 4.42 Å². The molecule has 1 N–H and O–H groups in total. The van der Waals surface area contributed by atoms with E-state index in [-0.39, 0.29) is 5.63 Å². The summed E-state index contributed by atoms with van der Waals surface area (Å²) in [5, 5.41) is 11.4. The average Bonchev–Trinajstić information content (AvgIpc) is 2.71. The molecule has 0 saturated carbocycles. The molecule has 0 aliphatic heterocycles. The van der Waals surface area contributed by atoms with Crippen LogP contribution in [-0.2, 0) is 0 Å². The van der Waals surface area contributed by atoms with Gasteiger partial charge in [-0.25, -0.2) is 4.79 Å². The Morgan fingerprint density at radius 3 is 2.56 bits per heavy atom. The van der Waals surface area contributed by atoms with Gasteiger partial charge in [0, 0.05) is 17.0 Å². The van der Waals surface area contributed by atoms with Gasteiger partial charge >= 0.3 is 5.63 Å². The quantitative estimate of drug-likeness (QED) is 0.579. The van der Waals surface area contributed by atoms with E-state index in [2.05, 4.69) is 15.4 Å². The Bertz CT molecular complexity index is 755. The van der Waals surface area contributed by atoms with E-state index in [0.717, 1.165) is 16.5 Å². The van der Waals surface area contributed by atoms with E-state index in [4.69, 9.17) is 4.42 Å².